The van der Waals surface area contributed by atoms with Crippen molar-refractivity contribution in [2.75, 3.05) is 16.0 Å². The first-order valence-corrected chi connectivity index (χ1v) is 9.00. The second kappa shape index (κ2) is 9.01. The van der Waals surface area contributed by atoms with E-state index in [2.05, 4.69) is 20.9 Å². The lowest BCUT2D eigenvalue weighted by Gasteiger charge is -2.10. The quantitative estimate of drug-likeness (QED) is 0.572. The van der Waals surface area contributed by atoms with Crippen molar-refractivity contribution in [3.63, 3.8) is 0 Å². The maximum Gasteiger partial charge on any atom is 0.257 e. The van der Waals surface area contributed by atoms with E-state index in [4.69, 9.17) is 11.6 Å². The minimum Gasteiger partial charge on any atom is -0.380 e. The van der Waals surface area contributed by atoms with E-state index in [0.717, 1.165) is 5.56 Å². The summed E-state index contributed by atoms with van der Waals surface area (Å²) in [6.45, 7) is 1.95. The summed E-state index contributed by atoms with van der Waals surface area (Å²) < 4.78 is 0. The van der Waals surface area contributed by atoms with Crippen LogP contribution in [0, 0.1) is 0 Å². The van der Waals surface area contributed by atoms with Gasteiger partial charge in [0.25, 0.3) is 5.91 Å². The fourth-order valence-electron chi connectivity index (χ4n) is 2.58. The Balaban J connectivity index is 1.67. The fraction of sp³-hybridized carbons (Fsp3) is 0.0952. The van der Waals surface area contributed by atoms with Gasteiger partial charge in [-0.15, -0.1) is 0 Å². The van der Waals surface area contributed by atoms with E-state index >= 15 is 0 Å². The van der Waals surface area contributed by atoms with Gasteiger partial charge < -0.3 is 16.0 Å². The summed E-state index contributed by atoms with van der Waals surface area (Å²) in [6, 6.07) is 16.2. The number of hydrogen-bond acceptors (Lipinski definition) is 4. The van der Waals surface area contributed by atoms with Crippen molar-refractivity contribution in [1.82, 2.24) is 4.98 Å². The lowest BCUT2D eigenvalue weighted by molar-refractivity contribution is -0.114. The van der Waals surface area contributed by atoms with E-state index in [9.17, 15) is 9.59 Å². The molecule has 2 amide bonds. The van der Waals surface area contributed by atoms with E-state index < -0.39 is 0 Å². The highest BCUT2D eigenvalue weighted by Crippen LogP contribution is 2.19. The first kappa shape index (κ1) is 19.4. The van der Waals surface area contributed by atoms with Gasteiger partial charge in [-0.05, 0) is 35.9 Å². The molecular weight excluding hydrogens is 376 g/mol. The Labute approximate surface area is 168 Å². The van der Waals surface area contributed by atoms with Crippen molar-refractivity contribution < 1.29 is 9.59 Å². The molecule has 7 heteroatoms. The van der Waals surface area contributed by atoms with E-state index in [-0.39, 0.29) is 11.8 Å². The van der Waals surface area contributed by atoms with Crippen LogP contribution in [0.25, 0.3) is 0 Å². The number of halogens is 1. The zero-order chi connectivity index (χ0) is 19.9. The first-order valence-electron chi connectivity index (χ1n) is 8.62. The van der Waals surface area contributed by atoms with Crippen molar-refractivity contribution in [2.24, 2.45) is 0 Å². The number of carbonyl (C=O) groups excluding carboxylic acids is 2. The molecule has 0 saturated heterocycles. The molecule has 0 unspecified atom stereocenters. The number of nitrogens with zero attached hydrogens (tertiary/aromatic N) is 1. The lowest BCUT2D eigenvalue weighted by Crippen LogP contribution is -2.13. The molecule has 0 saturated carbocycles. The summed E-state index contributed by atoms with van der Waals surface area (Å²) in [7, 11) is 0. The van der Waals surface area contributed by atoms with Crippen molar-refractivity contribution in [1.29, 1.82) is 0 Å². The van der Waals surface area contributed by atoms with Crippen LogP contribution in [0.3, 0.4) is 0 Å². The fourth-order valence-corrected chi connectivity index (χ4v) is 2.78. The number of benzene rings is 2. The van der Waals surface area contributed by atoms with Gasteiger partial charge in [0, 0.05) is 42.3 Å². The maximum absolute atomic E-state index is 12.5. The molecule has 142 valence electrons. The number of amides is 2. The van der Waals surface area contributed by atoms with Crippen LogP contribution in [0.4, 0.5) is 17.1 Å². The van der Waals surface area contributed by atoms with Crippen molar-refractivity contribution in [3.05, 3.63) is 83.1 Å². The first-order chi connectivity index (χ1) is 13.5. The molecule has 28 heavy (non-hydrogen) atoms. The molecule has 0 aliphatic carbocycles. The van der Waals surface area contributed by atoms with Gasteiger partial charge in [0.2, 0.25) is 5.91 Å². The molecule has 2 aromatic carbocycles. The zero-order valence-corrected chi connectivity index (χ0v) is 16.0. The minimum atomic E-state index is -0.297. The molecule has 1 aromatic heterocycles. The highest BCUT2D eigenvalue weighted by molar-refractivity contribution is 6.31. The van der Waals surface area contributed by atoms with Crippen LogP contribution in [0.5, 0.6) is 0 Å². The summed E-state index contributed by atoms with van der Waals surface area (Å²) in [5.74, 6) is -0.473. The molecule has 3 rings (SSSR count). The highest BCUT2D eigenvalue weighted by atomic mass is 35.5. The summed E-state index contributed by atoms with van der Waals surface area (Å²) >= 11 is 6.16. The van der Waals surface area contributed by atoms with E-state index in [1.165, 1.54) is 13.1 Å². The predicted molar refractivity (Wildman–Crippen MR) is 112 cm³/mol. The number of nitrogens with one attached hydrogen (secondary N) is 3. The Morgan fingerprint density at radius 2 is 1.68 bits per heavy atom. The molecule has 0 bridgehead atoms. The molecular formula is C21H19ClN4O2. The summed E-state index contributed by atoms with van der Waals surface area (Å²) in [5, 5.41) is 9.38. The van der Waals surface area contributed by atoms with E-state index in [0.29, 0.717) is 34.2 Å². The Hall–Kier alpha value is -3.38. The van der Waals surface area contributed by atoms with Gasteiger partial charge in [0.1, 0.15) is 0 Å². The number of rotatable bonds is 6. The summed E-state index contributed by atoms with van der Waals surface area (Å²) in [4.78, 5) is 27.8. The number of carbonyl (C=O) groups is 2. The molecule has 0 radical (unpaired) electrons. The standard InChI is InChI=1S/C21H19ClN4O2/c1-14(27)25-17-6-4-7-18(10-17)26-21(28)16-9-19(13-23-11-16)24-12-15-5-2-3-8-20(15)22/h2-11,13,24H,12H2,1H3,(H,25,27)(H,26,28). The SMILES string of the molecule is CC(=O)Nc1cccc(NC(=O)c2cncc(NCc3ccccc3Cl)c2)c1. The van der Waals surface area contributed by atoms with Crippen molar-refractivity contribution in [3.8, 4) is 0 Å². The van der Waals surface area contributed by atoms with Gasteiger partial charge >= 0.3 is 0 Å². The van der Waals surface area contributed by atoms with Gasteiger partial charge in [0.15, 0.2) is 0 Å². The lowest BCUT2D eigenvalue weighted by atomic mass is 10.2. The largest absolute Gasteiger partial charge is 0.380 e. The van der Waals surface area contributed by atoms with Crippen molar-refractivity contribution >= 4 is 40.5 Å². The van der Waals surface area contributed by atoms with Crippen LogP contribution < -0.4 is 16.0 Å². The maximum atomic E-state index is 12.5. The third-order valence-corrected chi connectivity index (χ3v) is 4.25. The average Bonchev–Trinajstić information content (AvgIpc) is 2.67. The Morgan fingerprint density at radius 3 is 2.43 bits per heavy atom. The third-order valence-electron chi connectivity index (χ3n) is 3.88. The molecule has 1 heterocycles. The van der Waals surface area contributed by atoms with Gasteiger partial charge in [0.05, 0.1) is 11.3 Å². The number of anilines is 3. The van der Waals surface area contributed by atoms with Crippen LogP contribution in [-0.2, 0) is 11.3 Å². The smallest absolute Gasteiger partial charge is 0.257 e. The molecule has 0 aliphatic rings. The van der Waals surface area contributed by atoms with Gasteiger partial charge in [-0.2, -0.15) is 0 Å². The molecule has 3 aromatic rings. The second-order valence-corrected chi connectivity index (χ2v) is 6.53. The minimum absolute atomic E-state index is 0.176. The van der Waals surface area contributed by atoms with Crippen LogP contribution in [0.1, 0.15) is 22.8 Å². The van der Waals surface area contributed by atoms with Crippen LogP contribution in [0.15, 0.2) is 67.0 Å². The number of hydrogen-bond donors (Lipinski definition) is 3. The monoisotopic (exact) mass is 394 g/mol. The Kier molecular flexibility index (Phi) is 6.24. The third kappa shape index (κ3) is 5.31. The predicted octanol–water partition coefficient (Wildman–Crippen LogP) is 4.56. The van der Waals surface area contributed by atoms with Gasteiger partial charge in [-0.1, -0.05) is 35.9 Å². The normalized spacial score (nSPS) is 10.2. The molecule has 3 N–H and O–H groups in total. The molecule has 0 fully saturated rings. The zero-order valence-electron chi connectivity index (χ0n) is 15.2. The van der Waals surface area contributed by atoms with E-state index in [1.807, 2.05) is 24.3 Å². The Morgan fingerprint density at radius 1 is 0.929 bits per heavy atom. The van der Waals surface area contributed by atoms with Gasteiger partial charge in [-0.3, -0.25) is 14.6 Å². The van der Waals surface area contributed by atoms with Crippen LogP contribution in [0.2, 0.25) is 5.02 Å². The molecule has 0 spiro atoms. The second-order valence-electron chi connectivity index (χ2n) is 6.12. The summed E-state index contributed by atoms with van der Waals surface area (Å²) in [6.07, 6.45) is 3.14. The average molecular weight is 395 g/mol. The number of pyridine rings is 1. The van der Waals surface area contributed by atoms with Crippen LogP contribution in [-0.4, -0.2) is 16.8 Å². The number of aromatic nitrogens is 1. The Bertz CT molecular complexity index is 1010. The van der Waals surface area contributed by atoms with E-state index in [1.54, 1.807) is 36.5 Å². The van der Waals surface area contributed by atoms with Crippen LogP contribution >= 0.6 is 11.6 Å². The van der Waals surface area contributed by atoms with Gasteiger partial charge in [-0.25, -0.2) is 0 Å². The molecule has 6 nitrogen and oxygen atoms in total. The molecule has 0 aliphatic heterocycles. The topological polar surface area (TPSA) is 83.1 Å². The summed E-state index contributed by atoms with van der Waals surface area (Å²) in [5.41, 5.74) is 3.26. The molecule has 0 atom stereocenters. The highest BCUT2D eigenvalue weighted by Gasteiger charge is 2.09. The van der Waals surface area contributed by atoms with Crippen molar-refractivity contribution in [2.45, 2.75) is 13.5 Å².